The molecule has 0 bridgehead atoms. The maximum atomic E-state index is 11.3. The van der Waals surface area contributed by atoms with Crippen LogP contribution in [0.1, 0.15) is 38.5 Å². The van der Waals surface area contributed by atoms with Gasteiger partial charge in [-0.2, -0.15) is 0 Å². The maximum absolute atomic E-state index is 11.3. The first-order chi connectivity index (χ1) is 8.33. The van der Waals surface area contributed by atoms with Crippen molar-refractivity contribution in [2.45, 2.75) is 44.6 Å². The predicted molar refractivity (Wildman–Crippen MR) is 68.8 cm³/mol. The van der Waals surface area contributed by atoms with E-state index >= 15 is 0 Å². The molecule has 2 aliphatic carbocycles. The number of carbonyl (C=O) groups is 1. The average molecular weight is 231 g/mol. The molecule has 3 rings (SSSR count). The summed E-state index contributed by atoms with van der Waals surface area (Å²) in [4.78, 5) is 13.9. The number of nitrogens with zero attached hydrogens (tertiary/aromatic N) is 1. The number of carbonyl (C=O) groups excluding carboxylic acids is 1. The molecule has 0 aromatic carbocycles. The number of fused-ring (bicyclic) bond motifs is 1. The number of hydrogen-bond donors (Lipinski definition) is 0. The standard InChI is InChI=1S/C15H21NO/c17-15-7-5-14(6-8-15)16-10-9-12-3-1-2-4-13(12)11-16/h1-2,4,12,14H,3,5-11H2. The van der Waals surface area contributed by atoms with Gasteiger partial charge in [-0.25, -0.2) is 0 Å². The second-order valence-electron chi connectivity index (χ2n) is 5.63. The quantitative estimate of drug-likeness (QED) is 0.691. The van der Waals surface area contributed by atoms with Gasteiger partial charge in [-0.3, -0.25) is 9.69 Å². The second-order valence-corrected chi connectivity index (χ2v) is 5.63. The summed E-state index contributed by atoms with van der Waals surface area (Å²) in [5.74, 6) is 1.28. The van der Waals surface area contributed by atoms with Crippen LogP contribution >= 0.6 is 0 Å². The van der Waals surface area contributed by atoms with Gasteiger partial charge in [-0.1, -0.05) is 23.8 Å². The van der Waals surface area contributed by atoms with Gasteiger partial charge in [0.25, 0.3) is 0 Å². The number of hydrogen-bond acceptors (Lipinski definition) is 2. The molecule has 0 aromatic rings. The summed E-state index contributed by atoms with van der Waals surface area (Å²) in [5.41, 5.74) is 1.62. The molecule has 17 heavy (non-hydrogen) atoms. The lowest BCUT2D eigenvalue weighted by molar-refractivity contribution is -0.121. The van der Waals surface area contributed by atoms with Crippen molar-refractivity contribution in [3.8, 4) is 0 Å². The third-order valence-electron chi connectivity index (χ3n) is 4.57. The summed E-state index contributed by atoms with van der Waals surface area (Å²) in [6, 6.07) is 0.667. The molecule has 92 valence electrons. The first-order valence-electron chi connectivity index (χ1n) is 6.94. The van der Waals surface area contributed by atoms with Gasteiger partial charge in [0.05, 0.1) is 0 Å². The maximum Gasteiger partial charge on any atom is 0.133 e. The van der Waals surface area contributed by atoms with E-state index in [0.717, 1.165) is 38.1 Å². The molecule has 0 amide bonds. The van der Waals surface area contributed by atoms with Crippen molar-refractivity contribution >= 4 is 5.78 Å². The molecule has 2 nitrogen and oxygen atoms in total. The number of Topliss-reactive ketones (excluding diaryl/α,β-unsaturated/α-hetero) is 1. The van der Waals surface area contributed by atoms with E-state index in [2.05, 4.69) is 23.1 Å². The van der Waals surface area contributed by atoms with Crippen molar-refractivity contribution < 1.29 is 4.79 Å². The van der Waals surface area contributed by atoms with Crippen molar-refractivity contribution in [1.29, 1.82) is 0 Å². The largest absolute Gasteiger partial charge is 0.300 e. The molecule has 1 unspecified atom stereocenters. The van der Waals surface area contributed by atoms with Crippen molar-refractivity contribution in [3.63, 3.8) is 0 Å². The first-order valence-corrected chi connectivity index (χ1v) is 6.94. The van der Waals surface area contributed by atoms with Crippen LogP contribution < -0.4 is 0 Å². The molecule has 1 saturated heterocycles. The molecule has 1 saturated carbocycles. The first kappa shape index (κ1) is 11.2. The Labute approximate surface area is 103 Å². The molecule has 1 heterocycles. The number of allylic oxidation sites excluding steroid dienone is 3. The van der Waals surface area contributed by atoms with E-state index in [1.54, 1.807) is 5.57 Å². The van der Waals surface area contributed by atoms with Crippen LogP contribution in [0, 0.1) is 5.92 Å². The van der Waals surface area contributed by atoms with Crippen LogP contribution in [0.4, 0.5) is 0 Å². The van der Waals surface area contributed by atoms with Gasteiger partial charge < -0.3 is 0 Å². The van der Waals surface area contributed by atoms with Crippen LogP contribution in [0.5, 0.6) is 0 Å². The van der Waals surface area contributed by atoms with E-state index in [1.165, 1.54) is 19.4 Å². The van der Waals surface area contributed by atoms with Gasteiger partial charge in [-0.05, 0) is 38.1 Å². The Bertz CT molecular complexity index is 359. The molecular formula is C15H21NO. The van der Waals surface area contributed by atoms with Crippen LogP contribution in [0.15, 0.2) is 23.8 Å². The van der Waals surface area contributed by atoms with Crippen molar-refractivity contribution in [1.82, 2.24) is 4.90 Å². The minimum Gasteiger partial charge on any atom is -0.300 e. The zero-order valence-electron chi connectivity index (χ0n) is 10.4. The predicted octanol–water partition coefficient (Wildman–Crippen LogP) is 2.71. The Morgan fingerprint density at radius 3 is 2.82 bits per heavy atom. The smallest absolute Gasteiger partial charge is 0.133 e. The average Bonchev–Trinajstić information content (AvgIpc) is 2.39. The van der Waals surface area contributed by atoms with Crippen LogP contribution in [0.2, 0.25) is 0 Å². The summed E-state index contributed by atoms with van der Waals surface area (Å²) < 4.78 is 0. The monoisotopic (exact) mass is 231 g/mol. The summed E-state index contributed by atoms with van der Waals surface area (Å²) in [7, 11) is 0. The molecular weight excluding hydrogens is 210 g/mol. The van der Waals surface area contributed by atoms with E-state index in [1.807, 2.05) is 0 Å². The highest BCUT2D eigenvalue weighted by Gasteiger charge is 2.30. The van der Waals surface area contributed by atoms with Crippen molar-refractivity contribution in [2.75, 3.05) is 13.1 Å². The number of ketones is 1. The minimum absolute atomic E-state index is 0.468. The Kier molecular flexibility index (Phi) is 3.15. The highest BCUT2D eigenvalue weighted by Crippen LogP contribution is 2.32. The van der Waals surface area contributed by atoms with Gasteiger partial charge in [0.15, 0.2) is 0 Å². The lowest BCUT2D eigenvalue weighted by atomic mass is 9.83. The Morgan fingerprint density at radius 2 is 2.00 bits per heavy atom. The van der Waals surface area contributed by atoms with E-state index in [0.29, 0.717) is 11.8 Å². The van der Waals surface area contributed by atoms with Crippen molar-refractivity contribution in [2.24, 2.45) is 5.92 Å². The van der Waals surface area contributed by atoms with Gasteiger partial charge >= 0.3 is 0 Å². The van der Waals surface area contributed by atoms with E-state index in [9.17, 15) is 4.79 Å². The third-order valence-corrected chi connectivity index (χ3v) is 4.57. The zero-order chi connectivity index (χ0) is 11.7. The molecule has 2 heteroatoms. The summed E-state index contributed by atoms with van der Waals surface area (Å²) in [5, 5.41) is 0. The summed E-state index contributed by atoms with van der Waals surface area (Å²) >= 11 is 0. The molecule has 1 aliphatic heterocycles. The minimum atomic E-state index is 0.468. The molecule has 0 radical (unpaired) electrons. The Hall–Kier alpha value is -0.890. The van der Waals surface area contributed by atoms with Crippen LogP contribution in [-0.2, 0) is 4.79 Å². The highest BCUT2D eigenvalue weighted by molar-refractivity contribution is 5.79. The van der Waals surface area contributed by atoms with E-state index in [4.69, 9.17) is 0 Å². The van der Waals surface area contributed by atoms with Gasteiger partial charge in [0, 0.05) is 25.4 Å². The molecule has 0 aromatic heterocycles. The molecule has 1 atom stereocenters. The zero-order valence-corrected chi connectivity index (χ0v) is 10.4. The van der Waals surface area contributed by atoms with Gasteiger partial charge in [0.1, 0.15) is 5.78 Å². The van der Waals surface area contributed by atoms with Crippen molar-refractivity contribution in [3.05, 3.63) is 23.8 Å². The molecule has 0 spiro atoms. The number of likely N-dealkylation sites (tertiary alicyclic amines) is 1. The topological polar surface area (TPSA) is 20.3 Å². The third kappa shape index (κ3) is 2.37. The lowest BCUT2D eigenvalue weighted by Crippen LogP contribution is -2.44. The van der Waals surface area contributed by atoms with Crippen LogP contribution in [-0.4, -0.2) is 29.8 Å². The van der Waals surface area contributed by atoms with Crippen LogP contribution in [0.3, 0.4) is 0 Å². The SMILES string of the molecule is O=C1CCC(N2CCC3CC=CC=C3C2)CC1. The van der Waals surface area contributed by atoms with Crippen LogP contribution in [0.25, 0.3) is 0 Å². The Morgan fingerprint density at radius 1 is 1.18 bits per heavy atom. The van der Waals surface area contributed by atoms with Gasteiger partial charge in [0.2, 0.25) is 0 Å². The normalized spacial score (nSPS) is 31.2. The lowest BCUT2D eigenvalue weighted by Gasteiger charge is -2.41. The fourth-order valence-corrected chi connectivity index (χ4v) is 3.44. The highest BCUT2D eigenvalue weighted by atomic mass is 16.1. The van der Waals surface area contributed by atoms with E-state index in [-0.39, 0.29) is 0 Å². The number of rotatable bonds is 1. The molecule has 0 N–H and O–H groups in total. The Balaban J connectivity index is 1.63. The van der Waals surface area contributed by atoms with Gasteiger partial charge in [-0.15, -0.1) is 0 Å². The summed E-state index contributed by atoms with van der Waals surface area (Å²) in [6.45, 7) is 2.38. The molecule has 3 aliphatic rings. The fourth-order valence-electron chi connectivity index (χ4n) is 3.44. The van der Waals surface area contributed by atoms with E-state index < -0.39 is 0 Å². The second kappa shape index (κ2) is 4.77. The molecule has 2 fully saturated rings. The fraction of sp³-hybridized carbons (Fsp3) is 0.667. The number of piperidine rings is 1. The summed E-state index contributed by atoms with van der Waals surface area (Å²) in [6.07, 6.45) is 13.2.